The molecule has 0 radical (unpaired) electrons. The predicted molar refractivity (Wildman–Crippen MR) is 161 cm³/mol. The van der Waals surface area contributed by atoms with Crippen molar-refractivity contribution in [3.05, 3.63) is 108 Å². The van der Waals surface area contributed by atoms with E-state index in [9.17, 15) is 29.7 Å². The Morgan fingerprint density at radius 2 is 1.16 bits per heavy atom. The third-order valence-electron chi connectivity index (χ3n) is 6.86. The molecule has 5 unspecified atom stereocenters. The molecule has 10 heteroatoms. The normalized spacial score (nSPS) is 14.7. The Bertz CT molecular complexity index is 1280. The molecule has 2 amide bonds. The van der Waals surface area contributed by atoms with Crippen LogP contribution in [0.5, 0.6) is 0 Å². The average Bonchev–Trinajstić information content (AvgIpc) is 3.00. The first kappa shape index (κ1) is 33.4. The van der Waals surface area contributed by atoms with Crippen molar-refractivity contribution in [1.82, 2.24) is 16.1 Å². The summed E-state index contributed by atoms with van der Waals surface area (Å²) in [5, 5.41) is 36.2. The first-order valence-electron chi connectivity index (χ1n) is 14.3. The van der Waals surface area contributed by atoms with Crippen molar-refractivity contribution < 1.29 is 34.5 Å². The Balaban J connectivity index is 1.73. The molecule has 0 spiro atoms. The molecule has 43 heavy (non-hydrogen) atoms. The topological polar surface area (TPSA) is 157 Å². The Kier molecular flexibility index (Phi) is 13.3. The van der Waals surface area contributed by atoms with Gasteiger partial charge in [-0.2, -0.15) is 5.48 Å². The molecule has 0 fully saturated rings. The standard InChI is InChI=1S/C33H41N3O7/c1-22(2)18-28(31(39)34-26(30(38)33(41)42)19-23-12-6-3-7-13-23)35-32(40)29(37)27(20-24-14-8-4-9-15-24)36-43-21-25-16-10-5-11-17-25/h3-17,22,26-30,36-38H,18-21H2,1-2H3,(H,34,39)(H,35,40)(H,41,42). The van der Waals surface area contributed by atoms with Crippen molar-refractivity contribution >= 4 is 17.8 Å². The van der Waals surface area contributed by atoms with Crippen LogP contribution in [0.1, 0.15) is 37.0 Å². The lowest BCUT2D eigenvalue weighted by Crippen LogP contribution is -2.58. The Morgan fingerprint density at radius 3 is 1.65 bits per heavy atom. The van der Waals surface area contributed by atoms with Gasteiger partial charge in [0, 0.05) is 0 Å². The molecule has 10 nitrogen and oxygen atoms in total. The van der Waals surface area contributed by atoms with E-state index in [4.69, 9.17) is 4.84 Å². The van der Waals surface area contributed by atoms with Crippen molar-refractivity contribution in [3.8, 4) is 0 Å². The van der Waals surface area contributed by atoms with E-state index >= 15 is 0 Å². The zero-order valence-corrected chi connectivity index (χ0v) is 24.4. The third-order valence-corrected chi connectivity index (χ3v) is 6.86. The van der Waals surface area contributed by atoms with Crippen molar-refractivity contribution in [3.63, 3.8) is 0 Å². The molecule has 6 N–H and O–H groups in total. The monoisotopic (exact) mass is 591 g/mol. The fourth-order valence-electron chi connectivity index (χ4n) is 4.60. The van der Waals surface area contributed by atoms with Crippen molar-refractivity contribution in [2.45, 2.75) is 70.1 Å². The first-order valence-corrected chi connectivity index (χ1v) is 14.3. The summed E-state index contributed by atoms with van der Waals surface area (Å²) in [6, 6.07) is 24.5. The number of hydrogen-bond acceptors (Lipinski definition) is 7. The summed E-state index contributed by atoms with van der Waals surface area (Å²) < 4.78 is 0. The van der Waals surface area contributed by atoms with Gasteiger partial charge in [-0.1, -0.05) is 105 Å². The van der Waals surface area contributed by atoms with Crippen LogP contribution in [0.4, 0.5) is 0 Å². The summed E-state index contributed by atoms with van der Waals surface area (Å²) >= 11 is 0. The van der Waals surface area contributed by atoms with Crippen LogP contribution < -0.4 is 16.1 Å². The Morgan fingerprint density at radius 1 is 0.674 bits per heavy atom. The minimum absolute atomic E-state index is 0.0300. The molecule has 0 saturated heterocycles. The highest BCUT2D eigenvalue weighted by molar-refractivity contribution is 5.90. The molecular formula is C33H41N3O7. The maximum Gasteiger partial charge on any atom is 0.334 e. The predicted octanol–water partition coefficient (Wildman–Crippen LogP) is 2.38. The van der Waals surface area contributed by atoms with E-state index in [1.807, 2.05) is 74.5 Å². The number of aliphatic hydroxyl groups excluding tert-OH is 2. The second-order valence-electron chi connectivity index (χ2n) is 10.9. The van der Waals surface area contributed by atoms with E-state index < -0.39 is 48.1 Å². The number of carboxylic acids is 1. The molecular weight excluding hydrogens is 550 g/mol. The lowest BCUT2D eigenvalue weighted by Gasteiger charge is -2.28. The van der Waals surface area contributed by atoms with Crippen LogP contribution >= 0.6 is 0 Å². The average molecular weight is 592 g/mol. The van der Waals surface area contributed by atoms with Crippen LogP contribution in [-0.4, -0.2) is 63.4 Å². The van der Waals surface area contributed by atoms with Gasteiger partial charge in [0.25, 0.3) is 5.91 Å². The van der Waals surface area contributed by atoms with Crippen LogP contribution in [0.15, 0.2) is 91.0 Å². The Labute approximate surface area is 252 Å². The zero-order chi connectivity index (χ0) is 31.2. The maximum absolute atomic E-state index is 13.4. The summed E-state index contributed by atoms with van der Waals surface area (Å²) in [5.74, 6) is -2.97. The SMILES string of the molecule is CC(C)CC(NC(=O)C(O)C(Cc1ccccc1)NOCc1ccccc1)C(=O)NC(Cc1ccccc1)C(O)C(=O)O. The lowest BCUT2D eigenvalue weighted by molar-refractivity contribution is -0.149. The summed E-state index contributed by atoms with van der Waals surface area (Å²) in [6.07, 6.45) is -2.93. The molecule has 0 saturated carbocycles. The highest BCUT2D eigenvalue weighted by atomic mass is 16.6. The van der Waals surface area contributed by atoms with Crippen LogP contribution in [0.3, 0.4) is 0 Å². The summed E-state index contributed by atoms with van der Waals surface area (Å²) in [4.78, 5) is 44.0. The summed E-state index contributed by atoms with van der Waals surface area (Å²) in [6.45, 7) is 3.94. The number of aliphatic hydroxyl groups is 2. The highest BCUT2D eigenvalue weighted by Gasteiger charge is 2.33. The van der Waals surface area contributed by atoms with Gasteiger partial charge in [0.2, 0.25) is 5.91 Å². The molecule has 5 atom stereocenters. The zero-order valence-electron chi connectivity index (χ0n) is 24.4. The number of nitrogens with one attached hydrogen (secondary N) is 3. The second-order valence-corrected chi connectivity index (χ2v) is 10.9. The molecule has 230 valence electrons. The van der Waals surface area contributed by atoms with E-state index in [0.717, 1.165) is 16.7 Å². The van der Waals surface area contributed by atoms with E-state index in [0.29, 0.717) is 0 Å². The van der Waals surface area contributed by atoms with E-state index in [1.165, 1.54) is 0 Å². The van der Waals surface area contributed by atoms with Gasteiger partial charge in [-0.25, -0.2) is 4.79 Å². The van der Waals surface area contributed by atoms with Crippen LogP contribution in [0.25, 0.3) is 0 Å². The number of amides is 2. The number of aliphatic carboxylic acids is 1. The third kappa shape index (κ3) is 11.3. The molecule has 3 aromatic rings. The number of carboxylic acid groups (broad SMARTS) is 1. The molecule has 3 aromatic carbocycles. The van der Waals surface area contributed by atoms with E-state index in [2.05, 4.69) is 16.1 Å². The van der Waals surface area contributed by atoms with Gasteiger partial charge in [0.05, 0.1) is 18.7 Å². The number of carbonyl (C=O) groups is 3. The van der Waals surface area contributed by atoms with Gasteiger partial charge in [0.1, 0.15) is 6.04 Å². The fraction of sp³-hybridized carbons (Fsp3) is 0.364. The van der Waals surface area contributed by atoms with E-state index in [1.54, 1.807) is 30.3 Å². The van der Waals surface area contributed by atoms with Gasteiger partial charge in [0.15, 0.2) is 12.2 Å². The highest BCUT2D eigenvalue weighted by Crippen LogP contribution is 2.12. The number of rotatable bonds is 17. The number of hydroxylamine groups is 1. The first-order chi connectivity index (χ1) is 20.6. The van der Waals surface area contributed by atoms with Gasteiger partial charge in [-0.3, -0.25) is 14.4 Å². The minimum atomic E-state index is -1.87. The van der Waals surface area contributed by atoms with Crippen molar-refractivity contribution in [2.75, 3.05) is 0 Å². The summed E-state index contributed by atoms with van der Waals surface area (Å²) in [5.41, 5.74) is 5.30. The lowest BCUT2D eigenvalue weighted by atomic mass is 9.98. The van der Waals surface area contributed by atoms with Gasteiger partial charge in [-0.15, -0.1) is 0 Å². The molecule has 0 aliphatic carbocycles. The number of hydrogen-bond donors (Lipinski definition) is 6. The van der Waals surface area contributed by atoms with Gasteiger partial charge >= 0.3 is 5.97 Å². The van der Waals surface area contributed by atoms with Crippen LogP contribution in [0.2, 0.25) is 0 Å². The molecule has 0 bridgehead atoms. The Hall–Kier alpha value is -4.09. The smallest absolute Gasteiger partial charge is 0.334 e. The largest absolute Gasteiger partial charge is 0.479 e. The number of carbonyl (C=O) groups excluding carboxylic acids is 2. The van der Waals surface area contributed by atoms with Crippen LogP contribution in [-0.2, 0) is 38.7 Å². The fourth-order valence-corrected chi connectivity index (χ4v) is 4.60. The molecule has 0 heterocycles. The molecule has 3 rings (SSSR count). The van der Waals surface area contributed by atoms with Crippen molar-refractivity contribution in [1.29, 1.82) is 0 Å². The van der Waals surface area contributed by atoms with Crippen LogP contribution in [0, 0.1) is 5.92 Å². The minimum Gasteiger partial charge on any atom is -0.479 e. The van der Waals surface area contributed by atoms with Gasteiger partial charge < -0.3 is 26.0 Å². The molecule has 0 aliphatic rings. The second kappa shape index (κ2) is 17.1. The maximum atomic E-state index is 13.4. The number of benzene rings is 3. The molecule has 0 aliphatic heterocycles. The van der Waals surface area contributed by atoms with E-state index in [-0.39, 0.29) is 31.8 Å². The van der Waals surface area contributed by atoms with Gasteiger partial charge in [-0.05, 0) is 41.9 Å². The molecule has 0 aromatic heterocycles. The van der Waals surface area contributed by atoms with Crippen molar-refractivity contribution in [2.24, 2.45) is 5.92 Å². The summed E-state index contributed by atoms with van der Waals surface area (Å²) in [7, 11) is 0. The quantitative estimate of drug-likeness (QED) is 0.131.